The molecule has 3 rings (SSSR count). The molecular formula is C22H26N2O2S. The number of piperidine rings is 1. The predicted octanol–water partition coefficient (Wildman–Crippen LogP) is 4.04. The molecule has 0 aromatic heterocycles. The van der Waals surface area contributed by atoms with E-state index in [1.807, 2.05) is 48.5 Å². The standard InChI is InChI=1S/C22H26N2O2S/c25-20-14-7-8-16-24(20)21(18-10-3-1-4-11-18)22(26)23-15-9-17-27-19-12-5-2-6-13-19/h1-6,10-13,21H,7-9,14-17H2,(H,23,26). The predicted molar refractivity (Wildman–Crippen MR) is 110 cm³/mol. The molecule has 1 fully saturated rings. The first-order valence-corrected chi connectivity index (χ1v) is 10.5. The van der Waals surface area contributed by atoms with Crippen molar-refractivity contribution in [2.45, 2.75) is 36.6 Å². The van der Waals surface area contributed by atoms with E-state index in [0.717, 1.165) is 30.6 Å². The third kappa shape index (κ3) is 5.60. The summed E-state index contributed by atoms with van der Waals surface area (Å²) >= 11 is 1.79. The van der Waals surface area contributed by atoms with E-state index in [2.05, 4.69) is 17.4 Å². The average molecular weight is 383 g/mol. The molecule has 27 heavy (non-hydrogen) atoms. The topological polar surface area (TPSA) is 49.4 Å². The maximum atomic E-state index is 12.9. The number of amides is 2. The van der Waals surface area contributed by atoms with E-state index in [1.54, 1.807) is 16.7 Å². The summed E-state index contributed by atoms with van der Waals surface area (Å²) in [5, 5.41) is 3.04. The summed E-state index contributed by atoms with van der Waals surface area (Å²) in [6.45, 7) is 1.26. The first-order valence-electron chi connectivity index (χ1n) is 9.55. The van der Waals surface area contributed by atoms with Gasteiger partial charge in [0.1, 0.15) is 6.04 Å². The number of nitrogens with one attached hydrogen (secondary N) is 1. The third-order valence-electron chi connectivity index (χ3n) is 4.67. The second-order valence-corrected chi connectivity index (χ2v) is 7.83. The highest BCUT2D eigenvalue weighted by atomic mass is 32.2. The minimum Gasteiger partial charge on any atom is -0.354 e. The Morgan fingerprint density at radius 1 is 1.04 bits per heavy atom. The molecule has 5 heteroatoms. The zero-order valence-electron chi connectivity index (χ0n) is 15.5. The molecule has 0 bridgehead atoms. The van der Waals surface area contributed by atoms with E-state index in [-0.39, 0.29) is 11.8 Å². The fraction of sp³-hybridized carbons (Fsp3) is 0.364. The zero-order valence-corrected chi connectivity index (χ0v) is 16.3. The van der Waals surface area contributed by atoms with Crippen LogP contribution in [-0.2, 0) is 9.59 Å². The van der Waals surface area contributed by atoms with E-state index >= 15 is 0 Å². The first-order chi connectivity index (χ1) is 13.3. The number of hydrogen-bond donors (Lipinski definition) is 1. The molecule has 0 saturated carbocycles. The van der Waals surface area contributed by atoms with Gasteiger partial charge in [-0.1, -0.05) is 48.5 Å². The van der Waals surface area contributed by atoms with Crippen molar-refractivity contribution in [2.24, 2.45) is 0 Å². The largest absolute Gasteiger partial charge is 0.354 e. The minimum absolute atomic E-state index is 0.0740. The van der Waals surface area contributed by atoms with Crippen LogP contribution >= 0.6 is 11.8 Å². The van der Waals surface area contributed by atoms with Crippen LogP contribution < -0.4 is 5.32 Å². The van der Waals surface area contributed by atoms with Crippen LogP contribution in [0.15, 0.2) is 65.6 Å². The summed E-state index contributed by atoms with van der Waals surface area (Å²) in [5.41, 5.74) is 0.879. The van der Waals surface area contributed by atoms with Crippen molar-refractivity contribution in [2.75, 3.05) is 18.8 Å². The van der Waals surface area contributed by atoms with Gasteiger partial charge < -0.3 is 10.2 Å². The Kier molecular flexibility index (Phi) is 7.34. The Morgan fingerprint density at radius 2 is 1.74 bits per heavy atom. The molecule has 1 atom stereocenters. The van der Waals surface area contributed by atoms with Crippen LogP contribution in [0, 0.1) is 0 Å². The van der Waals surface area contributed by atoms with Crippen LogP contribution in [0.25, 0.3) is 0 Å². The van der Waals surface area contributed by atoms with Gasteiger partial charge in [0.15, 0.2) is 0 Å². The van der Waals surface area contributed by atoms with Gasteiger partial charge in [-0.15, -0.1) is 11.8 Å². The maximum absolute atomic E-state index is 12.9. The Morgan fingerprint density at radius 3 is 2.44 bits per heavy atom. The normalized spacial score (nSPS) is 15.4. The second-order valence-electron chi connectivity index (χ2n) is 6.66. The van der Waals surface area contributed by atoms with Gasteiger partial charge in [-0.3, -0.25) is 9.59 Å². The number of hydrogen-bond acceptors (Lipinski definition) is 3. The highest BCUT2D eigenvalue weighted by Crippen LogP contribution is 2.26. The van der Waals surface area contributed by atoms with Gasteiger partial charge in [-0.2, -0.15) is 0 Å². The van der Waals surface area contributed by atoms with Crippen molar-refractivity contribution < 1.29 is 9.59 Å². The van der Waals surface area contributed by atoms with Crippen LogP contribution in [0.3, 0.4) is 0 Å². The molecule has 2 aromatic carbocycles. The van der Waals surface area contributed by atoms with Crippen molar-refractivity contribution in [3.63, 3.8) is 0 Å². The van der Waals surface area contributed by atoms with Gasteiger partial charge in [-0.05, 0) is 42.7 Å². The molecule has 1 aliphatic rings. The lowest BCUT2D eigenvalue weighted by Crippen LogP contribution is -2.46. The van der Waals surface area contributed by atoms with Crippen LogP contribution in [0.4, 0.5) is 0 Å². The van der Waals surface area contributed by atoms with Crippen molar-refractivity contribution in [3.8, 4) is 0 Å². The van der Waals surface area contributed by atoms with Gasteiger partial charge in [-0.25, -0.2) is 0 Å². The highest BCUT2D eigenvalue weighted by molar-refractivity contribution is 7.99. The van der Waals surface area contributed by atoms with Crippen molar-refractivity contribution in [1.29, 1.82) is 0 Å². The fourth-order valence-corrected chi connectivity index (χ4v) is 4.17. The molecule has 0 radical (unpaired) electrons. The van der Waals surface area contributed by atoms with Gasteiger partial charge in [0, 0.05) is 24.4 Å². The Bertz CT molecular complexity index is 736. The second kappa shape index (κ2) is 10.2. The van der Waals surface area contributed by atoms with Crippen LogP contribution in [-0.4, -0.2) is 35.6 Å². The van der Waals surface area contributed by atoms with Gasteiger partial charge in [0.25, 0.3) is 0 Å². The number of thioether (sulfide) groups is 1. The quantitative estimate of drug-likeness (QED) is 0.554. The molecule has 1 heterocycles. The lowest BCUT2D eigenvalue weighted by molar-refractivity contribution is -0.142. The summed E-state index contributed by atoms with van der Waals surface area (Å²) in [6, 6.07) is 19.4. The number of carbonyl (C=O) groups excluding carboxylic acids is 2. The van der Waals surface area contributed by atoms with Crippen LogP contribution in [0.2, 0.25) is 0 Å². The molecular weight excluding hydrogens is 356 g/mol. The summed E-state index contributed by atoms with van der Waals surface area (Å²) in [6.07, 6.45) is 3.29. The Labute approximate surface area is 165 Å². The molecule has 142 valence electrons. The minimum atomic E-state index is -0.527. The summed E-state index contributed by atoms with van der Waals surface area (Å²) in [4.78, 5) is 28.3. The monoisotopic (exact) mass is 382 g/mol. The van der Waals surface area contributed by atoms with Crippen molar-refractivity contribution in [3.05, 3.63) is 66.2 Å². The summed E-state index contributed by atoms with van der Waals surface area (Å²) in [5.74, 6) is 0.939. The van der Waals surface area contributed by atoms with E-state index in [4.69, 9.17) is 0 Å². The third-order valence-corrected chi connectivity index (χ3v) is 5.77. The number of carbonyl (C=O) groups is 2. The number of benzene rings is 2. The molecule has 0 aliphatic carbocycles. The number of nitrogens with zero attached hydrogens (tertiary/aromatic N) is 1. The molecule has 1 unspecified atom stereocenters. The Hall–Kier alpha value is -2.27. The first kappa shape index (κ1) is 19.5. The van der Waals surface area contributed by atoms with E-state index in [9.17, 15) is 9.59 Å². The lowest BCUT2D eigenvalue weighted by atomic mass is 10.0. The van der Waals surface area contributed by atoms with Gasteiger partial charge in [0.2, 0.25) is 11.8 Å². The summed E-state index contributed by atoms with van der Waals surface area (Å²) < 4.78 is 0. The molecule has 2 amide bonds. The van der Waals surface area contributed by atoms with Gasteiger partial charge in [0.05, 0.1) is 0 Å². The molecule has 1 N–H and O–H groups in total. The van der Waals surface area contributed by atoms with E-state index in [1.165, 1.54) is 4.90 Å². The van der Waals surface area contributed by atoms with Crippen LogP contribution in [0.1, 0.15) is 37.3 Å². The van der Waals surface area contributed by atoms with Gasteiger partial charge >= 0.3 is 0 Å². The summed E-state index contributed by atoms with van der Waals surface area (Å²) in [7, 11) is 0. The number of rotatable bonds is 8. The molecule has 0 spiro atoms. The van der Waals surface area contributed by atoms with Crippen molar-refractivity contribution in [1.82, 2.24) is 10.2 Å². The van der Waals surface area contributed by atoms with Crippen LogP contribution in [0.5, 0.6) is 0 Å². The Balaban J connectivity index is 1.55. The lowest BCUT2D eigenvalue weighted by Gasteiger charge is -2.34. The SMILES string of the molecule is O=C(NCCCSc1ccccc1)C(c1ccccc1)N1CCCCC1=O. The molecule has 1 aliphatic heterocycles. The zero-order chi connectivity index (χ0) is 18.9. The number of likely N-dealkylation sites (tertiary alicyclic amines) is 1. The van der Waals surface area contributed by atoms with Crippen molar-refractivity contribution >= 4 is 23.6 Å². The highest BCUT2D eigenvalue weighted by Gasteiger charge is 2.32. The van der Waals surface area contributed by atoms with E-state index < -0.39 is 6.04 Å². The maximum Gasteiger partial charge on any atom is 0.247 e. The molecule has 2 aromatic rings. The fourth-order valence-electron chi connectivity index (χ4n) is 3.30. The molecule has 1 saturated heterocycles. The van der Waals surface area contributed by atoms with E-state index in [0.29, 0.717) is 19.5 Å². The smallest absolute Gasteiger partial charge is 0.247 e. The average Bonchev–Trinajstić information content (AvgIpc) is 2.71. The molecule has 4 nitrogen and oxygen atoms in total.